The topological polar surface area (TPSA) is 246 Å². The SMILES string of the molecule is O=c1cc2c3c(cc4c5c6c(cc7c(=O)n8c9cc(S(=O)(=O)O)ccc9nc8c8cc(=O)c(c1c53)c6c78)S4(=O)=O)c(=O)n1c3cc(S(=O)(=O)O)ccc3nc21. The molecule has 0 fully saturated rings. The highest BCUT2D eigenvalue weighted by Crippen LogP contribution is 2.52. The summed E-state index contributed by atoms with van der Waals surface area (Å²) in [6.07, 6.45) is 0. The Kier molecular flexibility index (Phi) is 4.99. The highest BCUT2D eigenvalue weighted by Gasteiger charge is 2.38. The average molecular weight is 789 g/mol. The van der Waals surface area contributed by atoms with E-state index in [1.54, 1.807) is 0 Å². The Labute approximate surface area is 301 Å². The van der Waals surface area contributed by atoms with Crippen LogP contribution in [0.4, 0.5) is 0 Å². The largest absolute Gasteiger partial charge is 0.294 e. The Balaban J connectivity index is 1.35. The minimum absolute atomic E-state index is 0.0300. The van der Waals surface area contributed by atoms with E-state index >= 15 is 0 Å². The maximum absolute atomic E-state index is 14.6. The third-order valence-electron chi connectivity index (χ3n) is 10.9. The maximum atomic E-state index is 14.6. The number of sulfone groups is 1. The van der Waals surface area contributed by atoms with Crippen LogP contribution < -0.4 is 22.0 Å². The lowest BCUT2D eigenvalue weighted by Crippen LogP contribution is -2.17. The average Bonchev–Trinajstić information content (AvgIpc) is 3.77. The molecular formula is C36H12N4O12S3. The Bertz CT molecular complexity index is 4120. The van der Waals surface area contributed by atoms with Crippen LogP contribution in [0.2, 0.25) is 0 Å². The molecule has 7 aromatic carbocycles. The van der Waals surface area contributed by atoms with Crippen molar-refractivity contribution in [2.45, 2.75) is 19.6 Å². The van der Waals surface area contributed by atoms with Crippen LogP contribution in [0, 0.1) is 0 Å². The molecule has 0 spiro atoms. The number of aromatic nitrogens is 4. The van der Waals surface area contributed by atoms with Gasteiger partial charge >= 0.3 is 0 Å². The van der Waals surface area contributed by atoms with Gasteiger partial charge in [0.25, 0.3) is 31.4 Å². The van der Waals surface area contributed by atoms with Crippen molar-refractivity contribution < 1.29 is 34.4 Å². The van der Waals surface area contributed by atoms with Crippen molar-refractivity contribution >= 4 is 128 Å². The van der Waals surface area contributed by atoms with Crippen LogP contribution in [0.5, 0.6) is 0 Å². The fourth-order valence-corrected chi connectivity index (χ4v) is 11.6. The molecule has 0 aliphatic carbocycles. The van der Waals surface area contributed by atoms with E-state index in [9.17, 15) is 53.5 Å². The Morgan fingerprint density at radius 3 is 1.27 bits per heavy atom. The van der Waals surface area contributed by atoms with Gasteiger partial charge in [0, 0.05) is 53.9 Å². The van der Waals surface area contributed by atoms with Crippen LogP contribution in [-0.2, 0) is 30.1 Å². The van der Waals surface area contributed by atoms with Gasteiger partial charge in [0.2, 0.25) is 9.84 Å². The van der Waals surface area contributed by atoms with Crippen LogP contribution in [0.1, 0.15) is 0 Å². The third kappa shape index (κ3) is 3.34. The minimum atomic E-state index is -4.72. The second-order valence-electron chi connectivity index (χ2n) is 13.6. The lowest BCUT2D eigenvalue weighted by Gasteiger charge is -2.16. The lowest BCUT2D eigenvalue weighted by molar-refractivity contribution is 0.481. The van der Waals surface area contributed by atoms with Gasteiger partial charge in [-0.1, -0.05) is 0 Å². The van der Waals surface area contributed by atoms with Gasteiger partial charge in [0.15, 0.2) is 10.9 Å². The smallest absolute Gasteiger partial charge is 0.289 e. The number of imidazole rings is 2. The zero-order chi connectivity index (χ0) is 38.2. The van der Waals surface area contributed by atoms with Crippen LogP contribution in [-0.4, -0.2) is 53.1 Å². The van der Waals surface area contributed by atoms with E-state index in [2.05, 4.69) is 9.97 Å². The van der Waals surface area contributed by atoms with E-state index in [0.717, 1.165) is 45.2 Å². The molecule has 0 atom stereocenters. The van der Waals surface area contributed by atoms with E-state index in [4.69, 9.17) is 0 Å². The van der Waals surface area contributed by atoms with Crippen LogP contribution in [0.25, 0.3) is 98.0 Å². The first-order chi connectivity index (χ1) is 26.0. The number of nitrogens with zero attached hydrogens (tertiary/aromatic N) is 4. The van der Waals surface area contributed by atoms with Crippen molar-refractivity contribution in [2.24, 2.45) is 0 Å². The number of rotatable bonds is 2. The summed E-state index contributed by atoms with van der Waals surface area (Å²) >= 11 is 0. The molecule has 16 nitrogen and oxygen atoms in total. The highest BCUT2D eigenvalue weighted by atomic mass is 32.2. The number of benzene rings is 7. The molecule has 12 rings (SSSR count). The van der Waals surface area contributed by atoms with Crippen LogP contribution in [0.3, 0.4) is 0 Å². The molecule has 266 valence electrons. The highest BCUT2D eigenvalue weighted by molar-refractivity contribution is 7.92. The van der Waals surface area contributed by atoms with E-state index in [1.807, 2.05) is 0 Å². The van der Waals surface area contributed by atoms with Gasteiger partial charge < -0.3 is 0 Å². The summed E-state index contributed by atoms with van der Waals surface area (Å²) in [6, 6.07) is 11.4. The molecule has 4 aromatic heterocycles. The fourth-order valence-electron chi connectivity index (χ4n) is 8.84. The van der Waals surface area contributed by atoms with Crippen LogP contribution >= 0.6 is 0 Å². The molecule has 0 saturated heterocycles. The summed E-state index contributed by atoms with van der Waals surface area (Å²) < 4.78 is 98.7. The Morgan fingerprint density at radius 1 is 0.491 bits per heavy atom. The molecular weight excluding hydrogens is 777 g/mol. The van der Waals surface area contributed by atoms with Crippen molar-refractivity contribution in [1.82, 2.24) is 18.8 Å². The van der Waals surface area contributed by atoms with E-state index < -0.39 is 61.8 Å². The molecule has 0 radical (unpaired) electrons. The van der Waals surface area contributed by atoms with Crippen LogP contribution in [0.15, 0.2) is 99.4 Å². The quantitative estimate of drug-likeness (QED) is 0.145. The maximum Gasteiger partial charge on any atom is 0.294 e. The molecule has 0 unspecified atom stereocenters. The van der Waals surface area contributed by atoms with Crippen molar-refractivity contribution in [2.75, 3.05) is 0 Å². The summed E-state index contributed by atoms with van der Waals surface area (Å²) in [7, 11) is -14.0. The zero-order valence-electron chi connectivity index (χ0n) is 26.8. The van der Waals surface area contributed by atoms with Gasteiger partial charge in [0.1, 0.15) is 11.3 Å². The van der Waals surface area contributed by atoms with E-state index in [1.165, 1.54) is 24.3 Å². The van der Waals surface area contributed by atoms with Gasteiger partial charge in [-0.05, 0) is 60.7 Å². The summed E-state index contributed by atoms with van der Waals surface area (Å²) in [6.45, 7) is 0. The molecule has 11 aromatic rings. The summed E-state index contributed by atoms with van der Waals surface area (Å²) in [5.41, 5.74) is -3.00. The Morgan fingerprint density at radius 2 is 0.891 bits per heavy atom. The molecule has 2 N–H and O–H groups in total. The second kappa shape index (κ2) is 8.88. The van der Waals surface area contributed by atoms with Gasteiger partial charge in [0.05, 0.1) is 52.4 Å². The number of fused-ring (bicyclic) bond motifs is 9. The summed E-state index contributed by atoms with van der Waals surface area (Å²) in [4.78, 5) is 65.0. The monoisotopic (exact) mass is 788 g/mol. The standard InChI is InChI=1S/C36H12N4O12S3/c41-21-7-13-25-15(35(43)39-19-5-11(54(47,48)49)1-3-17(19)37-33(13)39)9-23-29-30-24(53(23,45)46)10-16-26-14(8-22(42)28(32(26)30)27(21)31(25)29)34-38-18-4-2-12(55(50,51)52)6-20(18)40(34)36(16)44/h1-10H,(H,47,48,49)(H,50,51,52). The number of pyridine rings is 2. The first-order valence-electron chi connectivity index (χ1n) is 16.0. The molecule has 19 heteroatoms. The van der Waals surface area contributed by atoms with E-state index in [-0.39, 0.29) is 108 Å². The van der Waals surface area contributed by atoms with Gasteiger partial charge in [-0.2, -0.15) is 16.8 Å². The Hall–Kier alpha value is -6.51. The first-order valence-corrected chi connectivity index (χ1v) is 20.4. The fraction of sp³-hybridized carbons (Fsp3) is 0. The molecule has 0 amide bonds. The number of hydrogen-bond donors (Lipinski definition) is 2. The molecule has 1 aliphatic rings. The van der Waals surface area contributed by atoms with Crippen molar-refractivity contribution in [1.29, 1.82) is 0 Å². The molecule has 1 aliphatic heterocycles. The molecule has 0 saturated carbocycles. The van der Waals surface area contributed by atoms with Crippen molar-refractivity contribution in [3.05, 3.63) is 102 Å². The second-order valence-corrected chi connectivity index (χ2v) is 18.3. The normalized spacial score (nSPS) is 14.9. The summed E-state index contributed by atoms with van der Waals surface area (Å²) in [5.74, 6) is 0. The first kappa shape index (κ1) is 30.9. The minimum Gasteiger partial charge on any atom is -0.289 e. The van der Waals surface area contributed by atoms with Gasteiger partial charge in [-0.15, -0.1) is 0 Å². The van der Waals surface area contributed by atoms with Crippen molar-refractivity contribution in [3.63, 3.8) is 0 Å². The predicted octanol–water partition coefficient (Wildman–Crippen LogP) is 3.04. The van der Waals surface area contributed by atoms with E-state index in [0.29, 0.717) is 0 Å². The van der Waals surface area contributed by atoms with Gasteiger partial charge in [-0.3, -0.25) is 37.1 Å². The molecule has 55 heavy (non-hydrogen) atoms. The van der Waals surface area contributed by atoms with Gasteiger partial charge in [-0.25, -0.2) is 18.4 Å². The lowest BCUT2D eigenvalue weighted by atomic mass is 9.86. The van der Waals surface area contributed by atoms with Crippen molar-refractivity contribution in [3.8, 4) is 0 Å². The number of hydrogen-bond acceptors (Lipinski definition) is 12. The zero-order valence-corrected chi connectivity index (χ0v) is 29.2. The molecule has 0 bridgehead atoms. The summed E-state index contributed by atoms with van der Waals surface area (Å²) in [5, 5.41) is -0.0279. The third-order valence-corrected chi connectivity index (χ3v) is 14.4. The molecule has 5 heterocycles. The predicted molar refractivity (Wildman–Crippen MR) is 199 cm³/mol.